The van der Waals surface area contributed by atoms with Crippen LogP contribution < -0.4 is 4.90 Å². The highest BCUT2D eigenvalue weighted by molar-refractivity contribution is 6.36. The average molecular weight is 480 g/mol. The van der Waals surface area contributed by atoms with E-state index < -0.39 is 0 Å². The minimum Gasteiger partial charge on any atom is -0.300 e. The summed E-state index contributed by atoms with van der Waals surface area (Å²) < 4.78 is 1.98. The molecule has 0 saturated heterocycles. The van der Waals surface area contributed by atoms with Gasteiger partial charge in [0.2, 0.25) is 5.95 Å². The van der Waals surface area contributed by atoms with Gasteiger partial charge in [-0.1, -0.05) is 72.8 Å². The Morgan fingerprint density at radius 3 is 2.42 bits per heavy atom. The fraction of sp³-hybridized carbons (Fsp3) is 0.417. The predicted octanol–water partition coefficient (Wildman–Crippen LogP) is 7.71. The zero-order chi connectivity index (χ0) is 21.3. The quantitative estimate of drug-likeness (QED) is 0.332. The normalized spacial score (nSPS) is 14.2. The molecular weight excluding hydrogens is 451 g/mol. The van der Waals surface area contributed by atoms with E-state index in [1.807, 2.05) is 23.7 Å². The van der Waals surface area contributed by atoms with Gasteiger partial charge in [-0.25, -0.2) is 4.68 Å². The minimum absolute atomic E-state index is 0. The Morgan fingerprint density at radius 2 is 1.81 bits per heavy atom. The van der Waals surface area contributed by atoms with Crippen LogP contribution in [0, 0.1) is 19.8 Å². The molecule has 3 aromatic rings. The highest BCUT2D eigenvalue weighted by Gasteiger charge is 2.33. The molecule has 0 aliphatic heterocycles. The van der Waals surface area contributed by atoms with E-state index in [2.05, 4.69) is 43.0 Å². The zero-order valence-corrected chi connectivity index (χ0v) is 20.5. The third kappa shape index (κ3) is 5.54. The van der Waals surface area contributed by atoms with Gasteiger partial charge in [-0.2, -0.15) is 4.98 Å². The maximum atomic E-state index is 6.70. The van der Waals surface area contributed by atoms with Crippen LogP contribution in [0.4, 0.5) is 11.6 Å². The molecule has 1 atom stereocenters. The van der Waals surface area contributed by atoms with Gasteiger partial charge in [-0.15, -0.1) is 17.5 Å². The van der Waals surface area contributed by atoms with Crippen LogP contribution in [0.3, 0.4) is 0 Å². The first-order chi connectivity index (χ1) is 14.5. The van der Waals surface area contributed by atoms with Crippen molar-refractivity contribution in [2.75, 3.05) is 4.90 Å². The van der Waals surface area contributed by atoms with Crippen LogP contribution in [0.25, 0.3) is 0 Å². The third-order valence-electron chi connectivity index (χ3n) is 5.69. The maximum absolute atomic E-state index is 6.70. The van der Waals surface area contributed by atoms with Gasteiger partial charge in [0.1, 0.15) is 5.82 Å². The van der Waals surface area contributed by atoms with E-state index in [4.69, 9.17) is 33.3 Å². The van der Waals surface area contributed by atoms with E-state index in [1.165, 1.54) is 24.0 Å². The molecule has 1 aliphatic carbocycles. The number of anilines is 2. The minimum atomic E-state index is 0. The number of halogens is 3. The molecule has 1 fully saturated rings. The van der Waals surface area contributed by atoms with Crippen molar-refractivity contribution in [3.8, 4) is 0 Å². The van der Waals surface area contributed by atoms with E-state index in [-0.39, 0.29) is 18.4 Å². The molecule has 0 amide bonds. The van der Waals surface area contributed by atoms with Gasteiger partial charge in [0.25, 0.3) is 0 Å². The van der Waals surface area contributed by atoms with Gasteiger partial charge in [0.05, 0.1) is 16.8 Å². The molecule has 0 bridgehead atoms. The molecule has 2 aromatic carbocycles. The van der Waals surface area contributed by atoms with Crippen LogP contribution in [0.2, 0.25) is 10.0 Å². The van der Waals surface area contributed by atoms with E-state index in [1.54, 1.807) is 6.07 Å². The monoisotopic (exact) mass is 478 g/mol. The first-order valence-electron chi connectivity index (χ1n) is 10.7. The highest BCUT2D eigenvalue weighted by Crippen LogP contribution is 2.45. The summed E-state index contributed by atoms with van der Waals surface area (Å²) in [5, 5.41) is 6.11. The van der Waals surface area contributed by atoms with Gasteiger partial charge in [0.15, 0.2) is 0 Å². The summed E-state index contributed by atoms with van der Waals surface area (Å²) in [5.41, 5.74) is 3.39. The number of aryl methyl sites for hydroxylation is 3. The Hall–Kier alpha value is -1.75. The second-order valence-corrected chi connectivity index (χ2v) is 9.10. The van der Waals surface area contributed by atoms with Gasteiger partial charge in [-0.3, -0.25) is 0 Å². The lowest BCUT2D eigenvalue weighted by Gasteiger charge is -2.32. The van der Waals surface area contributed by atoms with Crippen LogP contribution in [0.15, 0.2) is 42.5 Å². The van der Waals surface area contributed by atoms with Crippen molar-refractivity contribution in [1.82, 2.24) is 14.8 Å². The van der Waals surface area contributed by atoms with Crippen molar-refractivity contribution in [3.05, 3.63) is 69.5 Å². The summed E-state index contributed by atoms with van der Waals surface area (Å²) in [5.74, 6) is 2.33. The van der Waals surface area contributed by atoms with Crippen LogP contribution in [-0.2, 0) is 6.54 Å². The number of rotatable bonds is 8. The molecule has 1 aliphatic rings. The Bertz CT molecular complexity index is 1010. The molecule has 0 spiro atoms. The summed E-state index contributed by atoms with van der Waals surface area (Å²) in [6.07, 6.45) is 4.61. The lowest BCUT2D eigenvalue weighted by molar-refractivity contribution is 0.561. The van der Waals surface area contributed by atoms with E-state index >= 15 is 0 Å². The van der Waals surface area contributed by atoms with Crippen molar-refractivity contribution >= 4 is 47.2 Å². The molecule has 31 heavy (non-hydrogen) atoms. The largest absolute Gasteiger partial charge is 0.300 e. The molecule has 1 saturated carbocycles. The predicted molar refractivity (Wildman–Crippen MR) is 132 cm³/mol. The molecule has 166 valence electrons. The first kappa shape index (κ1) is 23.9. The Morgan fingerprint density at radius 1 is 1.10 bits per heavy atom. The van der Waals surface area contributed by atoms with E-state index in [0.717, 1.165) is 36.8 Å². The standard InChI is InChI=1S/C24H28Cl2N4.ClH/c1-4-13-29-17(3)27-24(28-29)30(22-12-11-20(25)15-21(22)26)23(14-18-7-8-18)19-9-5-16(2)6-10-19;/h5-6,9-12,15,18,23H,4,7-8,13-14H2,1-3H3;1H/t23-;/m0./s1. The van der Waals surface area contributed by atoms with Gasteiger partial charge >= 0.3 is 0 Å². The molecule has 1 heterocycles. The van der Waals surface area contributed by atoms with E-state index in [9.17, 15) is 0 Å². The number of hydrogen-bond acceptors (Lipinski definition) is 3. The van der Waals surface area contributed by atoms with Crippen molar-refractivity contribution in [2.45, 2.75) is 59.0 Å². The first-order valence-corrected chi connectivity index (χ1v) is 11.4. The third-order valence-corrected chi connectivity index (χ3v) is 6.23. The lowest BCUT2D eigenvalue weighted by atomic mass is 9.98. The number of benzene rings is 2. The Kier molecular flexibility index (Phi) is 7.90. The smallest absolute Gasteiger partial charge is 0.250 e. The molecule has 4 rings (SSSR count). The van der Waals surface area contributed by atoms with Gasteiger partial charge in [-0.05, 0) is 56.4 Å². The zero-order valence-electron chi connectivity index (χ0n) is 18.2. The number of nitrogens with zero attached hydrogens (tertiary/aromatic N) is 4. The SMILES string of the molecule is CCCn1nc(N(c2ccc(Cl)cc2Cl)[C@@H](CC2CC2)c2ccc(C)cc2)nc1C.Cl. The van der Waals surface area contributed by atoms with Crippen LogP contribution in [0.5, 0.6) is 0 Å². The van der Waals surface area contributed by atoms with Crippen molar-refractivity contribution in [2.24, 2.45) is 5.92 Å². The molecule has 0 radical (unpaired) electrons. The molecular formula is C24H29Cl3N4. The molecule has 0 unspecified atom stereocenters. The molecule has 4 nitrogen and oxygen atoms in total. The highest BCUT2D eigenvalue weighted by atomic mass is 35.5. The molecule has 7 heteroatoms. The fourth-order valence-corrected chi connectivity index (χ4v) is 4.37. The summed E-state index contributed by atoms with van der Waals surface area (Å²) in [7, 11) is 0. The van der Waals surface area contributed by atoms with Crippen molar-refractivity contribution in [1.29, 1.82) is 0 Å². The summed E-state index contributed by atoms with van der Waals surface area (Å²) in [6, 6.07) is 14.5. The van der Waals surface area contributed by atoms with Gasteiger partial charge in [0, 0.05) is 11.6 Å². The average Bonchev–Trinajstić information content (AvgIpc) is 3.46. The lowest BCUT2D eigenvalue weighted by Crippen LogP contribution is -2.26. The van der Waals surface area contributed by atoms with Crippen molar-refractivity contribution in [3.63, 3.8) is 0 Å². The van der Waals surface area contributed by atoms with Crippen LogP contribution in [0.1, 0.15) is 55.6 Å². The van der Waals surface area contributed by atoms with Crippen molar-refractivity contribution < 1.29 is 0 Å². The number of aromatic nitrogens is 3. The molecule has 0 N–H and O–H groups in total. The number of hydrogen-bond donors (Lipinski definition) is 0. The van der Waals surface area contributed by atoms with Crippen LogP contribution >= 0.6 is 35.6 Å². The van der Waals surface area contributed by atoms with Crippen LogP contribution in [-0.4, -0.2) is 14.8 Å². The summed E-state index contributed by atoms with van der Waals surface area (Å²) >= 11 is 12.9. The second kappa shape index (κ2) is 10.2. The Labute approximate surface area is 201 Å². The molecule has 1 aromatic heterocycles. The Balaban J connectivity index is 0.00000272. The van der Waals surface area contributed by atoms with E-state index in [0.29, 0.717) is 16.0 Å². The second-order valence-electron chi connectivity index (χ2n) is 8.25. The van der Waals surface area contributed by atoms with Gasteiger partial charge < -0.3 is 4.90 Å². The maximum Gasteiger partial charge on any atom is 0.250 e. The summed E-state index contributed by atoms with van der Waals surface area (Å²) in [6.45, 7) is 7.12. The fourth-order valence-electron chi connectivity index (χ4n) is 3.87. The topological polar surface area (TPSA) is 34.0 Å². The summed E-state index contributed by atoms with van der Waals surface area (Å²) in [4.78, 5) is 7.06.